The number of nitrogens with one attached hydrogen (secondary N) is 1. The molecule has 0 atom stereocenters. The van der Waals surface area contributed by atoms with E-state index in [9.17, 15) is 18.5 Å². The lowest BCUT2D eigenvalue weighted by Gasteiger charge is -2.12. The molecule has 9 heteroatoms. The van der Waals surface area contributed by atoms with Crippen molar-refractivity contribution in [1.82, 2.24) is 4.98 Å². The fourth-order valence-corrected chi connectivity index (χ4v) is 4.08. The summed E-state index contributed by atoms with van der Waals surface area (Å²) in [4.78, 5) is 14.3. The number of nitrogens with zero attached hydrogens (tertiary/aromatic N) is 2. The highest BCUT2D eigenvalue weighted by Crippen LogP contribution is 2.29. The van der Waals surface area contributed by atoms with Crippen LogP contribution in [0.5, 0.6) is 5.75 Å². The van der Waals surface area contributed by atoms with E-state index in [2.05, 4.69) is 9.71 Å². The second-order valence-electron chi connectivity index (χ2n) is 5.92. The maximum atomic E-state index is 12.8. The number of benzene rings is 2. The summed E-state index contributed by atoms with van der Waals surface area (Å²) in [6.45, 7) is 1.73. The quantitative estimate of drug-likeness (QED) is 0.479. The van der Waals surface area contributed by atoms with Gasteiger partial charge in [-0.3, -0.25) is 19.8 Å². The normalized spacial score (nSPS) is 11.0. The molecule has 0 bridgehead atoms. The van der Waals surface area contributed by atoms with E-state index >= 15 is 0 Å². The zero-order valence-electron chi connectivity index (χ0n) is 14.9. The topological polar surface area (TPSA) is 111 Å². The molecule has 3 aromatic rings. The molecule has 0 aliphatic heterocycles. The number of aryl methyl sites for hydroxylation is 1. The summed E-state index contributed by atoms with van der Waals surface area (Å²) in [6.07, 6.45) is 1.65. The van der Waals surface area contributed by atoms with Crippen molar-refractivity contribution in [1.29, 1.82) is 0 Å². The third-order valence-electron chi connectivity index (χ3n) is 3.86. The number of rotatable bonds is 7. The van der Waals surface area contributed by atoms with E-state index in [0.29, 0.717) is 5.75 Å². The van der Waals surface area contributed by atoms with Crippen LogP contribution in [0.4, 0.5) is 11.4 Å². The Balaban J connectivity index is 1.83. The van der Waals surface area contributed by atoms with Gasteiger partial charge in [0.05, 0.1) is 16.3 Å². The first-order chi connectivity index (χ1) is 13.4. The van der Waals surface area contributed by atoms with Crippen LogP contribution in [0.1, 0.15) is 11.3 Å². The van der Waals surface area contributed by atoms with Gasteiger partial charge in [-0.25, -0.2) is 8.42 Å². The number of hydrogen-bond donors (Lipinski definition) is 1. The Bertz CT molecular complexity index is 1100. The van der Waals surface area contributed by atoms with Gasteiger partial charge in [-0.1, -0.05) is 24.3 Å². The van der Waals surface area contributed by atoms with Gasteiger partial charge >= 0.3 is 0 Å². The van der Waals surface area contributed by atoms with Crippen LogP contribution < -0.4 is 9.46 Å². The standard InChI is InChI=1S/C19H17N3O5S/c1-14-6-4-10-18(22(23)24)19(14)28(25,26)21-15-8-5-9-17(12-15)27-13-16-7-2-3-11-20-16/h2-12,21H,13H2,1H3. The van der Waals surface area contributed by atoms with Crippen molar-refractivity contribution in [2.24, 2.45) is 0 Å². The third-order valence-corrected chi connectivity index (χ3v) is 5.43. The highest BCUT2D eigenvalue weighted by molar-refractivity contribution is 7.93. The number of anilines is 1. The van der Waals surface area contributed by atoms with Crippen LogP contribution in [0.15, 0.2) is 71.8 Å². The summed E-state index contributed by atoms with van der Waals surface area (Å²) in [6, 6.07) is 15.9. The summed E-state index contributed by atoms with van der Waals surface area (Å²) in [5.41, 5.74) is 0.763. The number of sulfonamides is 1. The third kappa shape index (κ3) is 4.44. The molecule has 8 nitrogen and oxygen atoms in total. The molecule has 2 aromatic carbocycles. The van der Waals surface area contributed by atoms with Crippen LogP contribution in [-0.2, 0) is 16.6 Å². The minimum Gasteiger partial charge on any atom is -0.487 e. The fraction of sp³-hybridized carbons (Fsp3) is 0.105. The molecule has 0 saturated carbocycles. The van der Waals surface area contributed by atoms with Gasteiger partial charge in [0.1, 0.15) is 12.4 Å². The molecule has 0 aliphatic carbocycles. The lowest BCUT2D eigenvalue weighted by Crippen LogP contribution is -2.16. The average molecular weight is 399 g/mol. The van der Waals surface area contributed by atoms with Crippen molar-refractivity contribution in [2.75, 3.05) is 4.72 Å². The largest absolute Gasteiger partial charge is 0.487 e. The lowest BCUT2D eigenvalue weighted by molar-refractivity contribution is -0.387. The molecule has 0 spiro atoms. The summed E-state index contributed by atoms with van der Waals surface area (Å²) in [5.74, 6) is 0.435. The van der Waals surface area contributed by atoms with Crippen LogP contribution in [0.2, 0.25) is 0 Å². The number of hydrogen-bond acceptors (Lipinski definition) is 6. The van der Waals surface area contributed by atoms with Gasteiger partial charge in [-0.05, 0) is 36.8 Å². The molecule has 0 amide bonds. The molecule has 0 fully saturated rings. The van der Waals surface area contributed by atoms with Crippen molar-refractivity contribution in [3.05, 3.63) is 88.2 Å². The predicted octanol–water partition coefficient (Wildman–Crippen LogP) is 3.68. The van der Waals surface area contributed by atoms with Crippen LogP contribution in [0.25, 0.3) is 0 Å². The maximum Gasteiger partial charge on any atom is 0.290 e. The Labute approximate surface area is 162 Å². The Kier molecular flexibility index (Phi) is 5.55. The average Bonchev–Trinajstić information content (AvgIpc) is 2.66. The van der Waals surface area contributed by atoms with Gasteiger partial charge in [0.25, 0.3) is 15.7 Å². The highest BCUT2D eigenvalue weighted by atomic mass is 32.2. The summed E-state index contributed by atoms with van der Waals surface area (Å²) in [7, 11) is -4.16. The van der Waals surface area contributed by atoms with Crippen LogP contribution in [-0.4, -0.2) is 18.3 Å². The molecule has 0 saturated heterocycles. The number of aromatic nitrogens is 1. The van der Waals surface area contributed by atoms with E-state index in [1.165, 1.54) is 31.2 Å². The van der Waals surface area contributed by atoms with E-state index in [0.717, 1.165) is 11.8 Å². The smallest absolute Gasteiger partial charge is 0.290 e. The van der Waals surface area contributed by atoms with Gasteiger partial charge in [-0.15, -0.1) is 0 Å². The molecule has 0 unspecified atom stereocenters. The fourth-order valence-electron chi connectivity index (χ4n) is 2.63. The number of nitro benzene ring substituents is 1. The SMILES string of the molecule is Cc1cccc([N+](=O)[O-])c1S(=O)(=O)Nc1cccc(OCc2ccccn2)c1. The minimum atomic E-state index is -4.16. The van der Waals surface area contributed by atoms with Crippen molar-refractivity contribution < 1.29 is 18.1 Å². The molecule has 3 rings (SSSR count). The molecule has 144 valence electrons. The molecule has 28 heavy (non-hydrogen) atoms. The molecule has 1 heterocycles. The monoisotopic (exact) mass is 399 g/mol. The Hall–Kier alpha value is -3.46. The van der Waals surface area contributed by atoms with Crippen molar-refractivity contribution in [3.63, 3.8) is 0 Å². The van der Waals surface area contributed by atoms with Gasteiger partial charge in [0, 0.05) is 18.3 Å². The van der Waals surface area contributed by atoms with E-state index in [4.69, 9.17) is 4.74 Å². The Morgan fingerprint density at radius 3 is 2.61 bits per heavy atom. The van der Waals surface area contributed by atoms with E-state index in [1.54, 1.807) is 24.4 Å². The van der Waals surface area contributed by atoms with Crippen molar-refractivity contribution >= 4 is 21.4 Å². The van der Waals surface area contributed by atoms with Crippen LogP contribution in [0.3, 0.4) is 0 Å². The van der Waals surface area contributed by atoms with Gasteiger partial charge < -0.3 is 4.74 Å². The first-order valence-electron chi connectivity index (χ1n) is 8.26. The van der Waals surface area contributed by atoms with Crippen molar-refractivity contribution in [3.8, 4) is 5.75 Å². The van der Waals surface area contributed by atoms with E-state index in [1.807, 2.05) is 12.1 Å². The molecular weight excluding hydrogens is 382 g/mol. The Morgan fingerprint density at radius 2 is 1.89 bits per heavy atom. The number of pyridine rings is 1. The maximum absolute atomic E-state index is 12.8. The van der Waals surface area contributed by atoms with Crippen LogP contribution in [0, 0.1) is 17.0 Å². The van der Waals surface area contributed by atoms with Gasteiger partial charge in [0.15, 0.2) is 4.90 Å². The number of ether oxygens (including phenoxy) is 1. The zero-order chi connectivity index (χ0) is 20.1. The minimum absolute atomic E-state index is 0.223. The first kappa shape index (κ1) is 19.3. The van der Waals surface area contributed by atoms with Crippen LogP contribution >= 0.6 is 0 Å². The molecule has 1 N–H and O–H groups in total. The lowest BCUT2D eigenvalue weighted by atomic mass is 10.2. The second-order valence-corrected chi connectivity index (χ2v) is 7.54. The summed E-state index contributed by atoms with van der Waals surface area (Å²) in [5, 5.41) is 11.2. The predicted molar refractivity (Wildman–Crippen MR) is 104 cm³/mol. The zero-order valence-corrected chi connectivity index (χ0v) is 15.7. The molecule has 1 aromatic heterocycles. The second kappa shape index (κ2) is 8.05. The highest BCUT2D eigenvalue weighted by Gasteiger charge is 2.27. The van der Waals surface area contributed by atoms with E-state index in [-0.39, 0.29) is 22.8 Å². The molecule has 0 radical (unpaired) electrons. The molecular formula is C19H17N3O5S. The molecule has 0 aliphatic rings. The Morgan fingerprint density at radius 1 is 1.11 bits per heavy atom. The van der Waals surface area contributed by atoms with E-state index < -0.39 is 20.6 Å². The van der Waals surface area contributed by atoms with Crippen molar-refractivity contribution in [2.45, 2.75) is 18.4 Å². The summed E-state index contributed by atoms with van der Waals surface area (Å²) >= 11 is 0. The van der Waals surface area contributed by atoms with Gasteiger partial charge in [-0.2, -0.15) is 0 Å². The summed E-state index contributed by atoms with van der Waals surface area (Å²) < 4.78 is 33.6. The first-order valence-corrected chi connectivity index (χ1v) is 9.75. The number of nitro groups is 1. The van der Waals surface area contributed by atoms with Gasteiger partial charge in [0.2, 0.25) is 0 Å².